The Kier molecular flexibility index (Phi) is 7.42. The normalized spacial score (nSPS) is 19.9. The Morgan fingerprint density at radius 2 is 1.64 bits per heavy atom. The van der Waals surface area contributed by atoms with Crippen molar-refractivity contribution in [2.24, 2.45) is 5.92 Å². The average molecular weight is 524 g/mol. The molecule has 7 nitrogen and oxygen atoms in total. The van der Waals surface area contributed by atoms with Gasteiger partial charge in [0.05, 0.1) is 10.5 Å². The van der Waals surface area contributed by atoms with Crippen LogP contribution in [0.1, 0.15) is 36.8 Å². The summed E-state index contributed by atoms with van der Waals surface area (Å²) in [7, 11) is -3.66. The Labute approximate surface area is 208 Å². The molecule has 0 bridgehead atoms. The molecule has 0 aliphatic carbocycles. The van der Waals surface area contributed by atoms with Crippen LogP contribution in [0, 0.1) is 12.8 Å². The predicted molar refractivity (Wildman–Crippen MR) is 127 cm³/mol. The summed E-state index contributed by atoms with van der Waals surface area (Å²) >= 11 is 0. The van der Waals surface area contributed by atoms with E-state index < -0.39 is 39.6 Å². The summed E-state index contributed by atoms with van der Waals surface area (Å²) in [5.41, 5.74) is 0.103. The van der Waals surface area contributed by atoms with Gasteiger partial charge in [0, 0.05) is 31.2 Å². The largest absolute Gasteiger partial charge is 0.416 e. The van der Waals surface area contributed by atoms with E-state index >= 15 is 0 Å². The molecule has 2 saturated heterocycles. The first-order valence-electron chi connectivity index (χ1n) is 11.8. The zero-order valence-corrected chi connectivity index (χ0v) is 20.6. The molecule has 194 valence electrons. The van der Waals surface area contributed by atoms with Gasteiger partial charge in [-0.15, -0.1) is 0 Å². The number of hydrogen-bond acceptors (Lipinski definition) is 4. The van der Waals surface area contributed by atoms with Crippen LogP contribution in [0.4, 0.5) is 18.9 Å². The number of nitrogens with zero attached hydrogens (tertiary/aromatic N) is 2. The van der Waals surface area contributed by atoms with Crippen molar-refractivity contribution in [3.8, 4) is 0 Å². The van der Waals surface area contributed by atoms with E-state index in [9.17, 15) is 31.2 Å². The van der Waals surface area contributed by atoms with Gasteiger partial charge in [0.2, 0.25) is 21.8 Å². The fourth-order valence-corrected chi connectivity index (χ4v) is 6.21. The third-order valence-corrected chi connectivity index (χ3v) is 8.67. The third-order valence-electron chi connectivity index (χ3n) is 6.76. The number of halogens is 3. The van der Waals surface area contributed by atoms with Crippen LogP contribution in [-0.2, 0) is 25.8 Å². The molecule has 0 saturated carbocycles. The lowest BCUT2D eigenvalue weighted by atomic mass is 9.96. The van der Waals surface area contributed by atoms with E-state index in [1.54, 1.807) is 24.3 Å². The van der Waals surface area contributed by atoms with Crippen molar-refractivity contribution in [1.82, 2.24) is 9.21 Å². The fraction of sp³-hybridized carbons (Fsp3) is 0.440. The summed E-state index contributed by atoms with van der Waals surface area (Å²) in [6.45, 7) is 2.64. The summed E-state index contributed by atoms with van der Waals surface area (Å²) in [6.07, 6.45) is -2.84. The zero-order chi connectivity index (χ0) is 26.1. The standard InChI is InChI=1S/C25H28F3N3O4S/c1-17-7-9-21(10-8-17)36(34,35)30-14-11-18(12-15-30)24(33)31-13-3-6-22(31)23(32)29-20-5-2-4-19(16-20)25(26,27)28/h2,4-5,7-10,16,18,22H,3,6,11-15H2,1H3,(H,29,32)/t22-/m1/s1. The molecule has 4 rings (SSSR count). The molecule has 2 aliphatic heterocycles. The topological polar surface area (TPSA) is 86.8 Å². The molecule has 2 fully saturated rings. The molecule has 2 aromatic rings. The van der Waals surface area contributed by atoms with Crippen LogP contribution in [0.2, 0.25) is 0 Å². The number of alkyl halides is 3. The van der Waals surface area contributed by atoms with Crippen LogP contribution in [0.25, 0.3) is 0 Å². The van der Waals surface area contributed by atoms with Gasteiger partial charge in [0.25, 0.3) is 0 Å². The van der Waals surface area contributed by atoms with Crippen LogP contribution in [0.15, 0.2) is 53.4 Å². The van der Waals surface area contributed by atoms with Gasteiger partial charge in [0.1, 0.15) is 6.04 Å². The van der Waals surface area contributed by atoms with Gasteiger partial charge in [-0.1, -0.05) is 23.8 Å². The Balaban J connectivity index is 1.38. The Hall–Kier alpha value is -2.92. The van der Waals surface area contributed by atoms with Gasteiger partial charge in [0.15, 0.2) is 0 Å². The number of carbonyl (C=O) groups is 2. The van der Waals surface area contributed by atoms with Crippen LogP contribution >= 0.6 is 0 Å². The highest BCUT2D eigenvalue weighted by atomic mass is 32.2. The summed E-state index contributed by atoms with van der Waals surface area (Å²) in [5.74, 6) is -1.17. The van der Waals surface area contributed by atoms with Crippen LogP contribution < -0.4 is 5.32 Å². The first-order valence-corrected chi connectivity index (χ1v) is 13.3. The van der Waals surface area contributed by atoms with Crippen molar-refractivity contribution < 1.29 is 31.2 Å². The second kappa shape index (κ2) is 10.2. The fourth-order valence-electron chi connectivity index (χ4n) is 4.74. The molecule has 2 aromatic carbocycles. The number of piperidine rings is 1. The Morgan fingerprint density at radius 1 is 0.972 bits per heavy atom. The number of benzene rings is 2. The summed E-state index contributed by atoms with van der Waals surface area (Å²) < 4.78 is 66.2. The van der Waals surface area contributed by atoms with Crippen molar-refractivity contribution in [3.63, 3.8) is 0 Å². The van der Waals surface area contributed by atoms with Crippen molar-refractivity contribution in [2.75, 3.05) is 25.0 Å². The van der Waals surface area contributed by atoms with E-state index in [1.165, 1.54) is 21.3 Å². The minimum atomic E-state index is -4.53. The lowest BCUT2D eigenvalue weighted by molar-refractivity contribution is -0.141. The molecule has 2 amide bonds. The van der Waals surface area contributed by atoms with Gasteiger partial charge in [-0.25, -0.2) is 8.42 Å². The van der Waals surface area contributed by atoms with Crippen LogP contribution in [-0.4, -0.2) is 55.1 Å². The van der Waals surface area contributed by atoms with Crippen molar-refractivity contribution in [1.29, 1.82) is 0 Å². The Bertz CT molecular complexity index is 1220. The van der Waals surface area contributed by atoms with Gasteiger partial charge in [-0.2, -0.15) is 17.5 Å². The van der Waals surface area contributed by atoms with E-state index in [1.807, 2.05) is 6.92 Å². The molecule has 1 N–H and O–H groups in total. The number of anilines is 1. The van der Waals surface area contributed by atoms with E-state index in [2.05, 4.69) is 5.32 Å². The number of hydrogen-bond donors (Lipinski definition) is 1. The summed E-state index contributed by atoms with van der Waals surface area (Å²) in [6, 6.07) is 10.2. The lowest BCUT2D eigenvalue weighted by Crippen LogP contribution is -2.48. The molecule has 0 unspecified atom stereocenters. The quantitative estimate of drug-likeness (QED) is 0.641. The minimum absolute atomic E-state index is 0.0174. The Morgan fingerprint density at radius 3 is 2.28 bits per heavy atom. The SMILES string of the molecule is Cc1ccc(S(=O)(=O)N2CCC(C(=O)N3CCC[C@@H]3C(=O)Nc3cccc(C(F)(F)F)c3)CC2)cc1. The van der Waals surface area contributed by atoms with E-state index in [4.69, 9.17) is 0 Å². The highest BCUT2D eigenvalue weighted by Gasteiger charge is 2.40. The number of carbonyl (C=O) groups excluding carboxylic acids is 2. The molecule has 1 atom stereocenters. The van der Waals surface area contributed by atoms with Gasteiger partial charge < -0.3 is 10.2 Å². The molecule has 0 aromatic heterocycles. The van der Waals surface area contributed by atoms with E-state index in [0.29, 0.717) is 32.2 Å². The molecule has 36 heavy (non-hydrogen) atoms. The lowest BCUT2D eigenvalue weighted by Gasteiger charge is -2.34. The van der Waals surface area contributed by atoms with Gasteiger partial charge in [-0.3, -0.25) is 9.59 Å². The number of sulfonamides is 1. The number of likely N-dealkylation sites (tertiary alicyclic amines) is 1. The maximum atomic E-state index is 13.2. The van der Waals surface area contributed by atoms with Crippen LogP contribution in [0.3, 0.4) is 0 Å². The average Bonchev–Trinajstić information content (AvgIpc) is 3.34. The van der Waals surface area contributed by atoms with Crippen LogP contribution in [0.5, 0.6) is 0 Å². The number of nitrogens with one attached hydrogen (secondary N) is 1. The maximum Gasteiger partial charge on any atom is 0.416 e. The summed E-state index contributed by atoms with van der Waals surface area (Å²) in [5, 5.41) is 2.51. The monoisotopic (exact) mass is 523 g/mol. The van der Waals surface area contributed by atoms with E-state index in [0.717, 1.165) is 17.7 Å². The molecule has 11 heteroatoms. The third kappa shape index (κ3) is 5.57. The van der Waals surface area contributed by atoms with Gasteiger partial charge in [-0.05, 0) is 62.9 Å². The molecule has 2 heterocycles. The smallest absolute Gasteiger partial charge is 0.330 e. The maximum absolute atomic E-state index is 13.2. The van der Waals surface area contributed by atoms with Gasteiger partial charge >= 0.3 is 6.18 Å². The van der Waals surface area contributed by atoms with Crippen molar-refractivity contribution in [2.45, 2.75) is 49.7 Å². The molecular weight excluding hydrogens is 495 g/mol. The molecular formula is C25H28F3N3O4S. The zero-order valence-electron chi connectivity index (χ0n) is 19.8. The first kappa shape index (κ1) is 26.2. The number of rotatable bonds is 5. The number of aryl methyl sites for hydroxylation is 1. The van der Waals surface area contributed by atoms with Crippen molar-refractivity contribution >= 4 is 27.5 Å². The minimum Gasteiger partial charge on any atom is -0.330 e. The van der Waals surface area contributed by atoms with Crippen molar-refractivity contribution in [3.05, 3.63) is 59.7 Å². The molecule has 2 aliphatic rings. The first-order chi connectivity index (χ1) is 17.0. The second-order valence-corrected chi connectivity index (χ2v) is 11.2. The molecule has 0 radical (unpaired) electrons. The second-order valence-electron chi connectivity index (χ2n) is 9.25. The highest BCUT2D eigenvalue weighted by molar-refractivity contribution is 7.89. The highest BCUT2D eigenvalue weighted by Crippen LogP contribution is 2.32. The van der Waals surface area contributed by atoms with E-state index in [-0.39, 0.29) is 29.6 Å². The predicted octanol–water partition coefficient (Wildman–Crippen LogP) is 4.04. The number of amides is 2. The summed E-state index contributed by atoms with van der Waals surface area (Å²) in [4.78, 5) is 27.8. The molecule has 0 spiro atoms.